The summed E-state index contributed by atoms with van der Waals surface area (Å²) in [6, 6.07) is 1.24. The number of rotatable bonds is 3. The number of carboxylic acid groups (broad SMARTS) is 1. The van der Waals surface area contributed by atoms with Crippen LogP contribution in [-0.2, 0) is 11.2 Å². The highest BCUT2D eigenvalue weighted by Gasteiger charge is 2.15. The molecule has 1 atom stereocenters. The van der Waals surface area contributed by atoms with E-state index in [4.69, 9.17) is 27.5 Å². The quantitative estimate of drug-likeness (QED) is 0.574. The molecule has 1 aromatic rings. The predicted molar refractivity (Wildman–Crippen MR) is 54.1 cm³/mol. The molecule has 5 nitrogen and oxygen atoms in total. The van der Waals surface area contributed by atoms with Gasteiger partial charge in [0.15, 0.2) is 11.5 Å². The van der Waals surface area contributed by atoms with E-state index in [0.717, 1.165) is 6.07 Å². The summed E-state index contributed by atoms with van der Waals surface area (Å²) in [6.45, 7) is 0. The molecule has 82 valence electrons. The van der Waals surface area contributed by atoms with Gasteiger partial charge in [-0.15, -0.1) is 0 Å². The van der Waals surface area contributed by atoms with Crippen molar-refractivity contribution in [2.45, 2.75) is 12.5 Å². The third kappa shape index (κ3) is 2.74. The van der Waals surface area contributed by atoms with Gasteiger partial charge in [-0.05, 0) is 18.1 Å². The van der Waals surface area contributed by atoms with Gasteiger partial charge in [-0.3, -0.25) is 4.79 Å². The van der Waals surface area contributed by atoms with Crippen LogP contribution in [0.5, 0.6) is 11.5 Å². The molecule has 0 aliphatic rings. The Balaban J connectivity index is 2.95. The average Bonchev–Trinajstić information content (AvgIpc) is 2.13. The summed E-state index contributed by atoms with van der Waals surface area (Å²) < 4.78 is 0. The number of phenolic OH excluding ortho intramolecular Hbond substituents is 2. The predicted octanol–water partition coefficient (Wildman–Crippen LogP) is 0.706. The number of halogens is 1. The van der Waals surface area contributed by atoms with Gasteiger partial charge in [-0.2, -0.15) is 0 Å². The SMILES string of the molecule is NC(Cc1cc(O)c(O)cc1Cl)C(=O)O. The van der Waals surface area contributed by atoms with Crippen LogP contribution in [0.2, 0.25) is 5.02 Å². The normalized spacial score (nSPS) is 12.4. The fourth-order valence-electron chi connectivity index (χ4n) is 1.08. The van der Waals surface area contributed by atoms with Crippen LogP contribution in [0.4, 0.5) is 0 Å². The second-order valence-corrected chi connectivity index (χ2v) is 3.49. The zero-order chi connectivity index (χ0) is 11.6. The molecule has 0 radical (unpaired) electrons. The van der Waals surface area contributed by atoms with Gasteiger partial charge >= 0.3 is 5.97 Å². The summed E-state index contributed by atoms with van der Waals surface area (Å²) in [5.41, 5.74) is 5.68. The Morgan fingerprint density at radius 2 is 1.93 bits per heavy atom. The third-order valence-electron chi connectivity index (χ3n) is 1.90. The Morgan fingerprint density at radius 1 is 1.40 bits per heavy atom. The number of phenols is 2. The maximum Gasteiger partial charge on any atom is 0.320 e. The fourth-order valence-corrected chi connectivity index (χ4v) is 1.31. The van der Waals surface area contributed by atoms with Gasteiger partial charge in [0.25, 0.3) is 0 Å². The van der Waals surface area contributed by atoms with Crippen molar-refractivity contribution in [1.29, 1.82) is 0 Å². The van der Waals surface area contributed by atoms with Crippen LogP contribution in [0.3, 0.4) is 0 Å². The smallest absolute Gasteiger partial charge is 0.320 e. The van der Waals surface area contributed by atoms with Crippen LogP contribution < -0.4 is 5.73 Å². The molecule has 0 saturated carbocycles. The molecule has 1 unspecified atom stereocenters. The lowest BCUT2D eigenvalue weighted by atomic mass is 10.1. The number of hydrogen-bond acceptors (Lipinski definition) is 4. The van der Waals surface area contributed by atoms with Crippen molar-refractivity contribution in [1.82, 2.24) is 0 Å². The first-order valence-corrected chi connectivity index (χ1v) is 4.48. The summed E-state index contributed by atoms with van der Waals surface area (Å²) in [7, 11) is 0. The first-order valence-electron chi connectivity index (χ1n) is 4.10. The minimum absolute atomic E-state index is 0.0119. The van der Waals surface area contributed by atoms with E-state index in [-0.39, 0.29) is 22.9 Å². The zero-order valence-corrected chi connectivity index (χ0v) is 8.40. The Hall–Kier alpha value is -1.46. The highest BCUT2D eigenvalue weighted by molar-refractivity contribution is 6.31. The number of hydrogen-bond donors (Lipinski definition) is 4. The minimum Gasteiger partial charge on any atom is -0.504 e. The Labute approximate surface area is 90.7 Å². The van der Waals surface area contributed by atoms with Crippen molar-refractivity contribution in [3.63, 3.8) is 0 Å². The number of benzene rings is 1. The molecule has 0 aromatic heterocycles. The molecule has 5 N–H and O–H groups in total. The molecule has 15 heavy (non-hydrogen) atoms. The monoisotopic (exact) mass is 231 g/mol. The average molecular weight is 232 g/mol. The lowest BCUT2D eigenvalue weighted by Crippen LogP contribution is -2.32. The zero-order valence-electron chi connectivity index (χ0n) is 7.64. The van der Waals surface area contributed by atoms with Gasteiger partial charge in [-0.1, -0.05) is 11.6 Å². The van der Waals surface area contributed by atoms with Gasteiger partial charge in [-0.25, -0.2) is 0 Å². The maximum absolute atomic E-state index is 10.5. The van der Waals surface area contributed by atoms with Gasteiger partial charge in [0.05, 0.1) is 0 Å². The van der Waals surface area contributed by atoms with Crippen molar-refractivity contribution >= 4 is 17.6 Å². The molecule has 0 heterocycles. The van der Waals surface area contributed by atoms with Crippen LogP contribution in [0, 0.1) is 0 Å². The third-order valence-corrected chi connectivity index (χ3v) is 2.25. The van der Waals surface area contributed by atoms with Crippen LogP contribution in [-0.4, -0.2) is 27.3 Å². The fraction of sp³-hybridized carbons (Fsp3) is 0.222. The molecule has 0 fully saturated rings. The molecule has 1 rings (SSSR count). The second-order valence-electron chi connectivity index (χ2n) is 3.08. The number of nitrogens with two attached hydrogens (primary N) is 1. The number of carboxylic acids is 1. The lowest BCUT2D eigenvalue weighted by molar-refractivity contribution is -0.138. The van der Waals surface area contributed by atoms with Gasteiger partial charge in [0.1, 0.15) is 6.04 Å². The van der Waals surface area contributed by atoms with E-state index < -0.39 is 12.0 Å². The summed E-state index contributed by atoms with van der Waals surface area (Å²) >= 11 is 5.73. The van der Waals surface area contributed by atoms with Crippen LogP contribution in [0.1, 0.15) is 5.56 Å². The first kappa shape index (κ1) is 11.6. The molecular formula is C9H10ClNO4. The number of aromatic hydroxyl groups is 2. The Morgan fingerprint density at radius 3 is 2.47 bits per heavy atom. The first-order chi connectivity index (χ1) is 6.91. The van der Waals surface area contributed by atoms with E-state index in [9.17, 15) is 9.90 Å². The van der Waals surface area contributed by atoms with E-state index in [1.54, 1.807) is 0 Å². The topological polar surface area (TPSA) is 104 Å². The molecule has 0 saturated heterocycles. The molecule has 0 aliphatic heterocycles. The molecule has 0 amide bonds. The standard InChI is InChI=1S/C9H10ClNO4/c10-5-3-8(13)7(12)2-4(5)1-6(11)9(14)15/h2-3,6,12-13H,1,11H2,(H,14,15). The summed E-state index contributed by atoms with van der Waals surface area (Å²) in [4.78, 5) is 10.5. The highest BCUT2D eigenvalue weighted by Crippen LogP contribution is 2.31. The van der Waals surface area contributed by atoms with E-state index in [1.165, 1.54) is 6.07 Å². The minimum atomic E-state index is -1.15. The molecular weight excluding hydrogens is 222 g/mol. The van der Waals surface area contributed by atoms with Crippen molar-refractivity contribution in [2.24, 2.45) is 5.73 Å². The van der Waals surface area contributed by atoms with E-state index in [2.05, 4.69) is 0 Å². The largest absolute Gasteiger partial charge is 0.504 e. The summed E-state index contributed by atoms with van der Waals surface area (Å²) in [5.74, 6) is -1.86. The molecule has 6 heteroatoms. The number of carbonyl (C=O) groups is 1. The van der Waals surface area contributed by atoms with Gasteiger partial charge < -0.3 is 21.1 Å². The van der Waals surface area contributed by atoms with Crippen LogP contribution >= 0.6 is 11.6 Å². The van der Waals surface area contributed by atoms with Crippen LogP contribution in [0.15, 0.2) is 12.1 Å². The van der Waals surface area contributed by atoms with Gasteiger partial charge in [0.2, 0.25) is 0 Å². The lowest BCUT2D eigenvalue weighted by Gasteiger charge is -2.09. The van der Waals surface area contributed by atoms with E-state index in [0.29, 0.717) is 5.56 Å². The summed E-state index contributed by atoms with van der Waals surface area (Å²) in [6.07, 6.45) is -0.0119. The number of aliphatic carboxylic acids is 1. The Kier molecular flexibility index (Phi) is 3.39. The van der Waals surface area contributed by atoms with E-state index >= 15 is 0 Å². The molecule has 1 aromatic carbocycles. The van der Waals surface area contributed by atoms with Crippen LogP contribution in [0.25, 0.3) is 0 Å². The molecule has 0 spiro atoms. The van der Waals surface area contributed by atoms with Crippen molar-refractivity contribution in [3.8, 4) is 11.5 Å². The summed E-state index contributed by atoms with van der Waals surface area (Å²) in [5, 5.41) is 27.0. The van der Waals surface area contributed by atoms with Crippen molar-refractivity contribution in [3.05, 3.63) is 22.7 Å². The molecule has 0 bridgehead atoms. The Bertz CT molecular complexity index is 394. The maximum atomic E-state index is 10.5. The van der Waals surface area contributed by atoms with Gasteiger partial charge in [0, 0.05) is 11.1 Å². The highest BCUT2D eigenvalue weighted by atomic mass is 35.5. The molecule has 0 aliphatic carbocycles. The van der Waals surface area contributed by atoms with Crippen molar-refractivity contribution in [2.75, 3.05) is 0 Å². The second kappa shape index (κ2) is 4.37. The van der Waals surface area contributed by atoms with E-state index in [1.807, 2.05) is 0 Å². The van der Waals surface area contributed by atoms with Crippen molar-refractivity contribution < 1.29 is 20.1 Å².